The topological polar surface area (TPSA) is 47.0 Å². The number of aromatic hydroxyl groups is 1. The van der Waals surface area contributed by atoms with Crippen LogP contribution in [0, 0.1) is 0 Å². The van der Waals surface area contributed by atoms with Gasteiger partial charge in [0.05, 0.1) is 6.04 Å². The van der Waals surface area contributed by atoms with Crippen molar-refractivity contribution in [1.82, 2.24) is 14.7 Å². The third kappa shape index (κ3) is 5.10. The quantitative estimate of drug-likeness (QED) is 0.657. The van der Waals surface area contributed by atoms with Crippen LogP contribution >= 0.6 is 0 Å². The molecule has 2 aliphatic rings. The first-order chi connectivity index (χ1) is 16.2. The highest BCUT2D eigenvalue weighted by molar-refractivity contribution is 5.82. The summed E-state index contributed by atoms with van der Waals surface area (Å²) in [4.78, 5) is 20.5. The minimum absolute atomic E-state index is 0.158. The maximum absolute atomic E-state index is 13.7. The Hall–Kier alpha value is -3.15. The van der Waals surface area contributed by atoms with Crippen molar-refractivity contribution < 1.29 is 9.90 Å². The number of hydrogen-bond donors (Lipinski definition) is 1. The molecule has 170 valence electrons. The standard InChI is InChI=1S/C28H31N3O2/c32-26-12-10-23(11-13-26)20-31-21-25-9-5-4-8-24(25)18-27(31)28(33)30-16-14-29(15-17-30)19-22-6-2-1-3-7-22/h1-13,27,32H,14-21H2/t27-/m0/s1. The first kappa shape index (κ1) is 21.7. The van der Waals surface area contributed by atoms with E-state index in [0.717, 1.165) is 51.3 Å². The second-order valence-electron chi connectivity index (χ2n) is 9.15. The number of amides is 1. The third-order valence-electron chi connectivity index (χ3n) is 6.89. The molecule has 1 amide bonds. The molecule has 0 aromatic heterocycles. The number of phenolic OH excluding ortho intramolecular Hbond substituents is 1. The Morgan fingerprint density at radius 3 is 2.12 bits per heavy atom. The summed E-state index contributed by atoms with van der Waals surface area (Å²) in [5.74, 6) is 0.506. The monoisotopic (exact) mass is 441 g/mol. The second kappa shape index (κ2) is 9.77. The maximum Gasteiger partial charge on any atom is 0.240 e. The van der Waals surface area contributed by atoms with Gasteiger partial charge in [-0.25, -0.2) is 0 Å². The predicted molar refractivity (Wildman–Crippen MR) is 130 cm³/mol. The van der Waals surface area contributed by atoms with Crippen molar-refractivity contribution in [3.8, 4) is 5.75 Å². The van der Waals surface area contributed by atoms with Crippen molar-refractivity contribution in [2.45, 2.75) is 32.1 Å². The van der Waals surface area contributed by atoms with Crippen LogP contribution in [0.3, 0.4) is 0 Å². The average Bonchev–Trinajstić information content (AvgIpc) is 2.86. The fourth-order valence-electron chi connectivity index (χ4n) is 5.00. The number of fused-ring (bicyclic) bond motifs is 1. The van der Waals surface area contributed by atoms with Gasteiger partial charge in [-0.15, -0.1) is 0 Å². The molecule has 33 heavy (non-hydrogen) atoms. The van der Waals surface area contributed by atoms with E-state index >= 15 is 0 Å². The molecular weight excluding hydrogens is 410 g/mol. The number of hydrogen-bond acceptors (Lipinski definition) is 4. The van der Waals surface area contributed by atoms with E-state index in [1.807, 2.05) is 18.2 Å². The van der Waals surface area contributed by atoms with Crippen molar-refractivity contribution >= 4 is 5.91 Å². The molecule has 1 N–H and O–H groups in total. The Kier molecular flexibility index (Phi) is 6.42. The highest BCUT2D eigenvalue weighted by Gasteiger charge is 2.35. The van der Waals surface area contributed by atoms with Crippen LogP contribution in [-0.4, -0.2) is 57.9 Å². The number of piperazine rings is 1. The van der Waals surface area contributed by atoms with Crippen LogP contribution < -0.4 is 0 Å². The van der Waals surface area contributed by atoms with Crippen molar-refractivity contribution in [3.63, 3.8) is 0 Å². The molecule has 3 aromatic carbocycles. The molecule has 5 nitrogen and oxygen atoms in total. The van der Waals surface area contributed by atoms with Crippen LogP contribution in [0.4, 0.5) is 0 Å². The molecule has 2 heterocycles. The van der Waals surface area contributed by atoms with Crippen LogP contribution in [0.25, 0.3) is 0 Å². The van der Waals surface area contributed by atoms with Gasteiger partial charge >= 0.3 is 0 Å². The van der Waals surface area contributed by atoms with Crippen molar-refractivity contribution in [2.24, 2.45) is 0 Å². The Bertz CT molecular complexity index is 1080. The summed E-state index contributed by atoms with van der Waals surface area (Å²) in [5.41, 5.74) is 5.01. The summed E-state index contributed by atoms with van der Waals surface area (Å²) < 4.78 is 0. The molecule has 1 fully saturated rings. The van der Waals surface area contributed by atoms with Gasteiger partial charge in [0.25, 0.3) is 0 Å². The first-order valence-electron chi connectivity index (χ1n) is 11.8. The summed E-state index contributed by atoms with van der Waals surface area (Å²) in [5, 5.41) is 9.64. The molecule has 0 unspecified atom stereocenters. The van der Waals surface area contributed by atoms with Crippen LogP contribution in [0.1, 0.15) is 22.3 Å². The lowest BCUT2D eigenvalue weighted by atomic mass is 9.92. The highest BCUT2D eigenvalue weighted by Crippen LogP contribution is 2.27. The van der Waals surface area contributed by atoms with Crippen LogP contribution in [0.15, 0.2) is 78.9 Å². The summed E-state index contributed by atoms with van der Waals surface area (Å²) in [6.45, 7) is 5.75. The number of benzene rings is 3. The predicted octanol–water partition coefficient (Wildman–Crippen LogP) is 3.66. The summed E-state index contributed by atoms with van der Waals surface area (Å²) in [7, 11) is 0. The molecule has 0 bridgehead atoms. The minimum atomic E-state index is -0.158. The summed E-state index contributed by atoms with van der Waals surface area (Å²) in [6.07, 6.45) is 0.747. The fourth-order valence-corrected chi connectivity index (χ4v) is 5.00. The lowest BCUT2D eigenvalue weighted by molar-refractivity contribution is -0.139. The summed E-state index contributed by atoms with van der Waals surface area (Å²) in [6, 6.07) is 26.2. The van der Waals surface area contributed by atoms with Gasteiger partial charge in [0, 0.05) is 45.8 Å². The maximum atomic E-state index is 13.7. The molecule has 3 aromatic rings. The molecule has 0 saturated carbocycles. The SMILES string of the molecule is O=C([C@@H]1Cc2ccccc2CN1Cc1ccc(O)cc1)N1CCN(Cc2ccccc2)CC1. The van der Waals surface area contributed by atoms with Gasteiger partial charge in [-0.1, -0.05) is 66.7 Å². The van der Waals surface area contributed by atoms with Gasteiger partial charge in [-0.2, -0.15) is 0 Å². The Balaban J connectivity index is 1.28. The molecule has 5 heteroatoms. The third-order valence-corrected chi connectivity index (χ3v) is 6.89. The Morgan fingerprint density at radius 2 is 1.39 bits per heavy atom. The van der Waals surface area contributed by atoms with Crippen LogP contribution in [0.5, 0.6) is 5.75 Å². The Labute approximate surface area is 195 Å². The number of rotatable bonds is 5. The zero-order chi connectivity index (χ0) is 22.6. The van der Waals surface area contributed by atoms with E-state index in [4.69, 9.17) is 0 Å². The van der Waals surface area contributed by atoms with E-state index in [2.05, 4.69) is 63.2 Å². The van der Waals surface area contributed by atoms with Crippen molar-refractivity contribution in [3.05, 3.63) is 101 Å². The minimum Gasteiger partial charge on any atom is -0.508 e. The van der Waals surface area contributed by atoms with E-state index in [1.54, 1.807) is 12.1 Å². The largest absolute Gasteiger partial charge is 0.508 e. The first-order valence-corrected chi connectivity index (χ1v) is 11.8. The molecule has 0 spiro atoms. The van der Waals surface area contributed by atoms with E-state index in [-0.39, 0.29) is 17.7 Å². The van der Waals surface area contributed by atoms with E-state index in [0.29, 0.717) is 6.54 Å². The normalized spacial score (nSPS) is 19.3. The number of phenols is 1. The van der Waals surface area contributed by atoms with E-state index in [9.17, 15) is 9.90 Å². The molecule has 1 saturated heterocycles. The smallest absolute Gasteiger partial charge is 0.240 e. The number of nitrogens with zero attached hydrogens (tertiary/aromatic N) is 3. The van der Waals surface area contributed by atoms with Crippen molar-refractivity contribution in [2.75, 3.05) is 26.2 Å². The molecular formula is C28H31N3O2. The summed E-state index contributed by atoms with van der Waals surface area (Å²) >= 11 is 0. The Morgan fingerprint density at radius 1 is 0.758 bits per heavy atom. The zero-order valence-electron chi connectivity index (χ0n) is 18.9. The zero-order valence-corrected chi connectivity index (χ0v) is 18.9. The average molecular weight is 442 g/mol. The van der Waals surface area contributed by atoms with Gasteiger partial charge < -0.3 is 10.0 Å². The molecule has 0 aliphatic carbocycles. The van der Waals surface area contributed by atoms with Crippen LogP contribution in [0.2, 0.25) is 0 Å². The molecule has 0 radical (unpaired) electrons. The van der Waals surface area contributed by atoms with Crippen molar-refractivity contribution in [1.29, 1.82) is 0 Å². The van der Waals surface area contributed by atoms with E-state index < -0.39 is 0 Å². The van der Waals surface area contributed by atoms with Gasteiger partial charge in [-0.3, -0.25) is 14.6 Å². The number of carbonyl (C=O) groups is 1. The van der Waals surface area contributed by atoms with Gasteiger partial charge in [0.1, 0.15) is 5.75 Å². The van der Waals surface area contributed by atoms with Gasteiger partial charge in [0.15, 0.2) is 0 Å². The lowest BCUT2D eigenvalue weighted by Crippen LogP contribution is -2.56. The lowest BCUT2D eigenvalue weighted by Gasteiger charge is -2.41. The number of carbonyl (C=O) groups excluding carboxylic acids is 1. The van der Waals surface area contributed by atoms with Gasteiger partial charge in [-0.05, 0) is 40.8 Å². The molecule has 5 rings (SSSR count). The highest BCUT2D eigenvalue weighted by atomic mass is 16.3. The van der Waals surface area contributed by atoms with E-state index in [1.165, 1.54) is 16.7 Å². The van der Waals surface area contributed by atoms with Gasteiger partial charge in [0.2, 0.25) is 5.91 Å². The molecule has 1 atom stereocenters. The fraction of sp³-hybridized carbons (Fsp3) is 0.321. The second-order valence-corrected chi connectivity index (χ2v) is 9.15. The van der Waals surface area contributed by atoms with Crippen LogP contribution in [-0.2, 0) is 30.8 Å². The molecule has 2 aliphatic heterocycles.